The summed E-state index contributed by atoms with van der Waals surface area (Å²) in [7, 11) is -3.19. The van der Waals surface area contributed by atoms with Crippen LogP contribution in [0, 0.1) is 5.92 Å². The van der Waals surface area contributed by atoms with E-state index in [0.29, 0.717) is 10.1 Å². The third-order valence-electron chi connectivity index (χ3n) is 4.24. The zero-order valence-corrected chi connectivity index (χ0v) is 14.0. The van der Waals surface area contributed by atoms with Crippen molar-refractivity contribution >= 4 is 21.2 Å². The van der Waals surface area contributed by atoms with Crippen LogP contribution in [0.4, 0.5) is 0 Å². The molecule has 1 saturated carbocycles. The van der Waals surface area contributed by atoms with Gasteiger partial charge in [-0.2, -0.15) is 0 Å². The molecule has 0 bridgehead atoms. The van der Waals surface area contributed by atoms with Crippen LogP contribution in [-0.2, 0) is 9.84 Å². The first-order chi connectivity index (χ1) is 9.59. The van der Waals surface area contributed by atoms with Crippen molar-refractivity contribution in [1.29, 1.82) is 0 Å². The molecule has 1 heterocycles. The molecule has 3 unspecified atom stereocenters. The first kappa shape index (κ1) is 16.0. The molecule has 0 saturated heterocycles. The molecule has 3 nitrogen and oxygen atoms in total. The predicted octanol–water partition coefficient (Wildman–Crippen LogP) is 3.47. The molecule has 1 aliphatic carbocycles. The molecule has 20 heavy (non-hydrogen) atoms. The van der Waals surface area contributed by atoms with Crippen molar-refractivity contribution in [2.75, 3.05) is 6.54 Å². The van der Waals surface area contributed by atoms with Gasteiger partial charge in [0.1, 0.15) is 4.21 Å². The highest BCUT2D eigenvalue weighted by molar-refractivity contribution is 7.94. The Balaban J connectivity index is 2.22. The summed E-state index contributed by atoms with van der Waals surface area (Å²) < 4.78 is 26.2. The highest BCUT2D eigenvalue weighted by Gasteiger charge is 2.39. The van der Waals surface area contributed by atoms with Gasteiger partial charge in [0.05, 0.1) is 5.25 Å². The maximum atomic E-state index is 12.9. The van der Waals surface area contributed by atoms with Gasteiger partial charge in [-0.1, -0.05) is 32.8 Å². The minimum absolute atomic E-state index is 0.111. The van der Waals surface area contributed by atoms with E-state index in [1.54, 1.807) is 6.07 Å². The lowest BCUT2D eigenvalue weighted by Crippen LogP contribution is -2.48. The zero-order chi connectivity index (χ0) is 14.6. The van der Waals surface area contributed by atoms with Crippen LogP contribution in [0.3, 0.4) is 0 Å². The molecule has 5 heteroatoms. The number of sulfone groups is 1. The van der Waals surface area contributed by atoms with Gasteiger partial charge in [-0.15, -0.1) is 11.3 Å². The molecule has 1 aromatic heterocycles. The van der Waals surface area contributed by atoms with E-state index in [-0.39, 0.29) is 11.3 Å². The van der Waals surface area contributed by atoms with Crippen molar-refractivity contribution in [1.82, 2.24) is 5.32 Å². The molecule has 1 N–H and O–H groups in total. The van der Waals surface area contributed by atoms with Crippen LogP contribution in [0.15, 0.2) is 21.7 Å². The second-order valence-electron chi connectivity index (χ2n) is 5.65. The minimum Gasteiger partial charge on any atom is -0.313 e. The monoisotopic (exact) mass is 315 g/mol. The summed E-state index contributed by atoms with van der Waals surface area (Å²) in [6.07, 6.45) is 5.24. The fourth-order valence-corrected chi connectivity index (χ4v) is 6.57. The van der Waals surface area contributed by atoms with Gasteiger partial charge in [-0.3, -0.25) is 0 Å². The van der Waals surface area contributed by atoms with E-state index in [4.69, 9.17) is 0 Å². The molecule has 0 radical (unpaired) electrons. The Kier molecular flexibility index (Phi) is 5.64. The highest BCUT2D eigenvalue weighted by atomic mass is 32.2. The molecule has 0 aromatic carbocycles. The normalized spacial score (nSPS) is 27.6. The first-order valence-corrected chi connectivity index (χ1v) is 10.0. The van der Waals surface area contributed by atoms with Crippen LogP contribution in [0.5, 0.6) is 0 Å². The molecule has 0 amide bonds. The van der Waals surface area contributed by atoms with Crippen LogP contribution in [0.1, 0.15) is 46.0 Å². The molecule has 0 spiro atoms. The van der Waals surface area contributed by atoms with Gasteiger partial charge in [0.25, 0.3) is 0 Å². The predicted molar refractivity (Wildman–Crippen MR) is 85.0 cm³/mol. The summed E-state index contributed by atoms with van der Waals surface area (Å²) in [5, 5.41) is 4.98. The smallest absolute Gasteiger partial charge is 0.192 e. The Bertz CT molecular complexity index is 496. The highest BCUT2D eigenvalue weighted by Crippen LogP contribution is 2.35. The lowest BCUT2D eigenvalue weighted by Gasteiger charge is -2.36. The van der Waals surface area contributed by atoms with E-state index in [1.807, 2.05) is 18.4 Å². The Labute approximate surface area is 126 Å². The summed E-state index contributed by atoms with van der Waals surface area (Å²) in [6.45, 7) is 5.06. The Morgan fingerprint density at radius 2 is 2.15 bits per heavy atom. The number of thiophene rings is 1. The lowest BCUT2D eigenvalue weighted by atomic mass is 9.83. The minimum atomic E-state index is -3.19. The summed E-state index contributed by atoms with van der Waals surface area (Å²) in [5.74, 6) is 0.564. The van der Waals surface area contributed by atoms with Crippen molar-refractivity contribution in [2.24, 2.45) is 5.92 Å². The molecule has 2 rings (SSSR count). The van der Waals surface area contributed by atoms with E-state index in [1.165, 1.54) is 11.3 Å². The van der Waals surface area contributed by atoms with Gasteiger partial charge in [0, 0.05) is 6.04 Å². The van der Waals surface area contributed by atoms with Gasteiger partial charge in [0.15, 0.2) is 9.84 Å². The van der Waals surface area contributed by atoms with Crippen LogP contribution in [-0.4, -0.2) is 26.3 Å². The van der Waals surface area contributed by atoms with Crippen LogP contribution < -0.4 is 5.32 Å². The second-order valence-corrected chi connectivity index (χ2v) is 8.99. The number of hydrogen-bond acceptors (Lipinski definition) is 4. The Morgan fingerprint density at radius 1 is 1.35 bits per heavy atom. The molecular formula is C15H25NO2S2. The number of nitrogens with one attached hydrogen (secondary N) is 1. The summed E-state index contributed by atoms with van der Waals surface area (Å²) in [5.41, 5.74) is 0. The van der Waals surface area contributed by atoms with Crippen LogP contribution in [0.2, 0.25) is 0 Å². The van der Waals surface area contributed by atoms with E-state index >= 15 is 0 Å². The molecule has 0 aliphatic heterocycles. The van der Waals surface area contributed by atoms with Crippen LogP contribution >= 0.6 is 11.3 Å². The standard InChI is InChI=1S/C15H25NO2S2/c1-3-6-12-8-9-13(16-4-2)14(11-12)20(17,18)15-7-5-10-19-15/h5,7,10,12-14,16H,3-4,6,8-9,11H2,1-2H3. The van der Waals surface area contributed by atoms with Gasteiger partial charge in [0.2, 0.25) is 0 Å². The molecule has 3 atom stereocenters. The van der Waals surface area contributed by atoms with E-state index < -0.39 is 9.84 Å². The lowest BCUT2D eigenvalue weighted by molar-refractivity contribution is 0.282. The number of hydrogen-bond donors (Lipinski definition) is 1. The molecule has 1 aromatic rings. The average Bonchev–Trinajstić information content (AvgIpc) is 2.95. The average molecular weight is 316 g/mol. The van der Waals surface area contributed by atoms with Gasteiger partial charge in [-0.05, 0) is 43.2 Å². The fraction of sp³-hybridized carbons (Fsp3) is 0.733. The largest absolute Gasteiger partial charge is 0.313 e. The number of rotatable bonds is 6. The quantitative estimate of drug-likeness (QED) is 0.874. The zero-order valence-electron chi connectivity index (χ0n) is 12.3. The van der Waals surface area contributed by atoms with Gasteiger partial charge < -0.3 is 5.32 Å². The topological polar surface area (TPSA) is 46.2 Å². The van der Waals surface area contributed by atoms with E-state index in [0.717, 1.165) is 38.6 Å². The van der Waals surface area contributed by atoms with Crippen molar-refractivity contribution in [3.63, 3.8) is 0 Å². The summed E-state index contributed by atoms with van der Waals surface area (Å²) in [6, 6.07) is 3.68. The summed E-state index contributed by atoms with van der Waals surface area (Å²) in [4.78, 5) is 0. The maximum absolute atomic E-state index is 12.9. The summed E-state index contributed by atoms with van der Waals surface area (Å²) >= 11 is 1.34. The molecule has 1 aliphatic rings. The Hall–Kier alpha value is -0.390. The third kappa shape index (κ3) is 3.43. The van der Waals surface area contributed by atoms with Crippen molar-refractivity contribution < 1.29 is 8.42 Å². The van der Waals surface area contributed by atoms with Gasteiger partial charge in [-0.25, -0.2) is 8.42 Å². The first-order valence-electron chi connectivity index (χ1n) is 7.60. The fourth-order valence-electron chi connectivity index (χ4n) is 3.30. The van der Waals surface area contributed by atoms with Crippen molar-refractivity contribution in [3.05, 3.63) is 17.5 Å². The van der Waals surface area contributed by atoms with Gasteiger partial charge >= 0.3 is 0 Å². The third-order valence-corrected chi connectivity index (χ3v) is 7.90. The molecular weight excluding hydrogens is 290 g/mol. The molecule has 1 fully saturated rings. The maximum Gasteiger partial charge on any atom is 0.192 e. The van der Waals surface area contributed by atoms with E-state index in [2.05, 4.69) is 12.2 Å². The van der Waals surface area contributed by atoms with Crippen molar-refractivity contribution in [2.45, 2.75) is 61.5 Å². The second kappa shape index (κ2) is 7.05. The SMILES string of the molecule is CCCC1CCC(NCC)C(S(=O)(=O)c2cccs2)C1. The Morgan fingerprint density at radius 3 is 2.75 bits per heavy atom. The molecule has 114 valence electrons. The van der Waals surface area contributed by atoms with Crippen molar-refractivity contribution in [3.8, 4) is 0 Å². The van der Waals surface area contributed by atoms with E-state index in [9.17, 15) is 8.42 Å². The van der Waals surface area contributed by atoms with Crippen LogP contribution in [0.25, 0.3) is 0 Å².